The molecule has 0 aliphatic carbocycles. The average Bonchev–Trinajstić information content (AvgIpc) is 3.71. The molecule has 0 bridgehead atoms. The van der Waals surface area contributed by atoms with Gasteiger partial charge in [0, 0.05) is 5.41 Å². The van der Waals surface area contributed by atoms with Gasteiger partial charge in [-0.2, -0.15) is 0 Å². The largest absolute Gasteiger partial charge is 0.469 e. The van der Waals surface area contributed by atoms with Gasteiger partial charge in [0.1, 0.15) is 11.4 Å². The summed E-state index contributed by atoms with van der Waals surface area (Å²) in [7, 11) is 1.31. The Morgan fingerprint density at radius 1 is 1.00 bits per heavy atom. The molecule has 1 heterocycles. The zero-order valence-electron chi connectivity index (χ0n) is 23.5. The number of halogens is 1. The number of esters is 1. The highest BCUT2D eigenvalue weighted by molar-refractivity contribution is 5.74. The number of methoxy groups -OCH3 is 1. The molecule has 1 aliphatic heterocycles. The van der Waals surface area contributed by atoms with Crippen molar-refractivity contribution in [2.24, 2.45) is 0 Å². The van der Waals surface area contributed by atoms with Crippen LogP contribution in [0.1, 0.15) is 73.4 Å². The second-order valence-electron chi connectivity index (χ2n) is 10.5. The van der Waals surface area contributed by atoms with Crippen LogP contribution < -0.4 is 0 Å². The summed E-state index contributed by atoms with van der Waals surface area (Å²) in [4.78, 5) is 11.6. The maximum absolute atomic E-state index is 14.8. The highest BCUT2D eigenvalue weighted by Crippen LogP contribution is 2.41. The van der Waals surface area contributed by atoms with Crippen LogP contribution in [0.5, 0.6) is 0 Å². The van der Waals surface area contributed by atoms with E-state index < -0.39 is 11.8 Å². The lowest BCUT2D eigenvalue weighted by molar-refractivity contribution is -0.139. The first-order chi connectivity index (χ1) is 18.2. The van der Waals surface area contributed by atoms with E-state index in [1.54, 1.807) is 6.07 Å². The highest BCUT2D eigenvalue weighted by atomic mass is 19.1. The lowest BCUT2D eigenvalue weighted by Crippen LogP contribution is -2.26. The number of ether oxygens (including phenoxy) is 2. The first-order valence-electron chi connectivity index (χ1n) is 13.6. The van der Waals surface area contributed by atoms with Crippen LogP contribution in [0, 0.1) is 19.7 Å². The van der Waals surface area contributed by atoms with Gasteiger partial charge in [-0.15, -0.1) is 0 Å². The van der Waals surface area contributed by atoms with Gasteiger partial charge in [0.15, 0.2) is 0 Å². The van der Waals surface area contributed by atoms with Crippen LogP contribution in [0.2, 0.25) is 0 Å². The second kappa shape index (κ2) is 11.2. The lowest BCUT2D eigenvalue weighted by atomic mass is 9.69. The lowest BCUT2D eigenvalue weighted by Gasteiger charge is -2.34. The van der Waals surface area contributed by atoms with Gasteiger partial charge in [-0.1, -0.05) is 75.4 Å². The third kappa shape index (κ3) is 5.47. The van der Waals surface area contributed by atoms with Crippen LogP contribution in [0.25, 0.3) is 17.2 Å². The highest BCUT2D eigenvalue weighted by Gasteiger charge is 2.39. The van der Waals surface area contributed by atoms with Gasteiger partial charge in [-0.3, -0.25) is 4.79 Å². The van der Waals surface area contributed by atoms with E-state index in [0.29, 0.717) is 5.56 Å². The van der Waals surface area contributed by atoms with Crippen molar-refractivity contribution in [3.05, 3.63) is 99.9 Å². The van der Waals surface area contributed by atoms with Crippen LogP contribution >= 0.6 is 0 Å². The molecule has 3 nitrogen and oxygen atoms in total. The molecule has 0 spiro atoms. The minimum atomic E-state index is -0.450. The molecular formula is C34H39FO3. The smallest absolute Gasteiger partial charge is 0.310 e. The normalized spacial score (nSPS) is 17.1. The summed E-state index contributed by atoms with van der Waals surface area (Å²) >= 11 is 0. The molecule has 3 aromatic carbocycles. The van der Waals surface area contributed by atoms with E-state index in [1.807, 2.05) is 6.07 Å². The molecule has 0 N–H and O–H groups in total. The Hall–Kier alpha value is -3.24. The molecule has 1 unspecified atom stereocenters. The SMILES string of the molecule is CCC1(/C=C/c2ccc(C(CC)(CC)c3ccc(-c4ccc(CC(=O)OC)c(F)c4)c(C)c3)cc2C)CO1. The molecule has 1 atom stereocenters. The van der Waals surface area contributed by atoms with Crippen molar-refractivity contribution in [1.29, 1.82) is 0 Å². The van der Waals surface area contributed by atoms with Crippen LogP contribution in [0.3, 0.4) is 0 Å². The van der Waals surface area contributed by atoms with E-state index in [0.717, 1.165) is 42.6 Å². The van der Waals surface area contributed by atoms with Gasteiger partial charge in [0.2, 0.25) is 0 Å². The Balaban J connectivity index is 1.65. The summed E-state index contributed by atoms with van der Waals surface area (Å²) < 4.78 is 25.1. The van der Waals surface area contributed by atoms with E-state index >= 15 is 0 Å². The molecule has 38 heavy (non-hydrogen) atoms. The van der Waals surface area contributed by atoms with Crippen molar-refractivity contribution in [3.63, 3.8) is 0 Å². The number of aryl methyl sites for hydroxylation is 2. The maximum atomic E-state index is 14.8. The fraction of sp³-hybridized carbons (Fsp3) is 0.382. The fourth-order valence-electron chi connectivity index (χ4n) is 5.52. The number of hydrogen-bond donors (Lipinski definition) is 0. The topological polar surface area (TPSA) is 38.8 Å². The van der Waals surface area contributed by atoms with Crippen molar-refractivity contribution < 1.29 is 18.7 Å². The third-order valence-electron chi connectivity index (χ3n) is 8.42. The van der Waals surface area contributed by atoms with Crippen molar-refractivity contribution in [2.45, 2.75) is 71.3 Å². The molecule has 0 saturated carbocycles. The van der Waals surface area contributed by atoms with E-state index in [9.17, 15) is 9.18 Å². The molecular weight excluding hydrogens is 475 g/mol. The van der Waals surface area contributed by atoms with E-state index in [1.165, 1.54) is 35.4 Å². The minimum Gasteiger partial charge on any atom is -0.469 e. The Morgan fingerprint density at radius 2 is 1.66 bits per heavy atom. The number of hydrogen-bond acceptors (Lipinski definition) is 3. The van der Waals surface area contributed by atoms with Crippen molar-refractivity contribution in [2.75, 3.05) is 13.7 Å². The Bertz CT molecular complexity index is 1350. The predicted molar refractivity (Wildman–Crippen MR) is 153 cm³/mol. The van der Waals surface area contributed by atoms with Gasteiger partial charge < -0.3 is 9.47 Å². The van der Waals surface area contributed by atoms with Crippen molar-refractivity contribution in [1.82, 2.24) is 0 Å². The fourth-order valence-corrected chi connectivity index (χ4v) is 5.52. The quantitative estimate of drug-likeness (QED) is 0.203. The first-order valence-corrected chi connectivity index (χ1v) is 13.6. The summed E-state index contributed by atoms with van der Waals surface area (Å²) in [5.74, 6) is -0.843. The number of benzene rings is 3. The van der Waals surface area contributed by atoms with Crippen LogP contribution in [-0.2, 0) is 26.1 Å². The summed E-state index contributed by atoms with van der Waals surface area (Å²) in [6.07, 6.45) is 7.27. The monoisotopic (exact) mass is 514 g/mol. The number of epoxide rings is 1. The second-order valence-corrected chi connectivity index (χ2v) is 10.5. The van der Waals surface area contributed by atoms with E-state index in [2.05, 4.69) is 87.9 Å². The molecule has 200 valence electrons. The molecule has 0 radical (unpaired) electrons. The van der Waals surface area contributed by atoms with Crippen molar-refractivity contribution in [3.8, 4) is 11.1 Å². The Morgan fingerprint density at radius 3 is 2.18 bits per heavy atom. The standard InChI is InChI=1S/C34H39FO3/c1-7-33(22-38-33)17-16-25-12-13-28(18-23(25)4)34(8-2,9-3)29-14-15-30(24(5)19-29)26-10-11-27(31(35)20-26)21-32(36)37-6/h10-20H,7-9,21-22H2,1-6H3/b17-16+. The molecule has 1 fully saturated rings. The van der Waals surface area contributed by atoms with Crippen LogP contribution in [0.4, 0.5) is 4.39 Å². The van der Waals surface area contributed by atoms with Gasteiger partial charge in [0.05, 0.1) is 20.1 Å². The number of carbonyl (C=O) groups is 1. The van der Waals surface area contributed by atoms with Crippen LogP contribution in [-0.4, -0.2) is 25.3 Å². The molecule has 3 aromatic rings. The average molecular weight is 515 g/mol. The first kappa shape index (κ1) is 27.8. The zero-order valence-corrected chi connectivity index (χ0v) is 23.5. The summed E-state index contributed by atoms with van der Waals surface area (Å²) in [5, 5.41) is 0. The molecule has 4 heteroatoms. The Kier molecular flexibility index (Phi) is 8.22. The molecule has 4 rings (SSSR count). The maximum Gasteiger partial charge on any atom is 0.310 e. The molecule has 0 amide bonds. The minimum absolute atomic E-state index is 0.0639. The molecule has 1 saturated heterocycles. The Labute approximate surface area is 226 Å². The van der Waals surface area contributed by atoms with E-state index in [-0.39, 0.29) is 17.4 Å². The molecule has 0 aromatic heterocycles. The van der Waals surface area contributed by atoms with Gasteiger partial charge >= 0.3 is 5.97 Å². The molecule has 1 aliphatic rings. The summed E-state index contributed by atoms with van der Waals surface area (Å²) in [5.41, 5.74) is 8.11. The van der Waals surface area contributed by atoms with Gasteiger partial charge in [-0.25, -0.2) is 4.39 Å². The van der Waals surface area contributed by atoms with Gasteiger partial charge in [0.25, 0.3) is 0 Å². The zero-order chi connectivity index (χ0) is 27.5. The number of carbonyl (C=O) groups excluding carboxylic acids is 1. The van der Waals surface area contributed by atoms with Crippen LogP contribution in [0.15, 0.2) is 60.7 Å². The summed E-state index contributed by atoms with van der Waals surface area (Å²) in [6, 6.07) is 18.4. The number of rotatable bonds is 10. The van der Waals surface area contributed by atoms with Crippen molar-refractivity contribution >= 4 is 12.0 Å². The predicted octanol–water partition coefficient (Wildman–Crippen LogP) is 8.12. The third-order valence-corrected chi connectivity index (χ3v) is 8.42. The van der Waals surface area contributed by atoms with E-state index in [4.69, 9.17) is 4.74 Å². The summed E-state index contributed by atoms with van der Waals surface area (Å²) in [6.45, 7) is 11.7. The van der Waals surface area contributed by atoms with Gasteiger partial charge in [-0.05, 0) is 89.8 Å².